The van der Waals surface area contributed by atoms with E-state index in [1.54, 1.807) is 0 Å². The van der Waals surface area contributed by atoms with Crippen LogP contribution in [0.1, 0.15) is 27.2 Å². The van der Waals surface area contributed by atoms with E-state index in [1.807, 2.05) is 26.8 Å². The van der Waals surface area contributed by atoms with Crippen LogP contribution in [0.2, 0.25) is 0 Å². The molecule has 0 radical (unpaired) electrons. The SMILES string of the molecule is CC(C)[C@@]1(O)C(CO)=CC[C@@H]1C. The summed E-state index contributed by atoms with van der Waals surface area (Å²) in [5.74, 6) is 0.410. The molecule has 0 unspecified atom stereocenters. The van der Waals surface area contributed by atoms with E-state index in [0.29, 0.717) is 0 Å². The minimum absolute atomic E-state index is 0.0149. The number of hydrogen-bond donors (Lipinski definition) is 2. The predicted molar refractivity (Wildman–Crippen MR) is 48.7 cm³/mol. The van der Waals surface area contributed by atoms with Crippen molar-refractivity contribution in [3.8, 4) is 0 Å². The maximum Gasteiger partial charge on any atom is 0.0929 e. The average molecular weight is 170 g/mol. The Morgan fingerprint density at radius 3 is 2.58 bits per heavy atom. The fourth-order valence-corrected chi connectivity index (χ4v) is 2.11. The van der Waals surface area contributed by atoms with Gasteiger partial charge in [-0.05, 0) is 23.8 Å². The van der Waals surface area contributed by atoms with Gasteiger partial charge in [-0.2, -0.15) is 0 Å². The largest absolute Gasteiger partial charge is 0.392 e. The molecule has 1 aliphatic carbocycles. The molecule has 70 valence electrons. The number of aliphatic hydroxyl groups is 2. The molecular weight excluding hydrogens is 152 g/mol. The van der Waals surface area contributed by atoms with Gasteiger partial charge in [0.2, 0.25) is 0 Å². The van der Waals surface area contributed by atoms with Gasteiger partial charge in [-0.25, -0.2) is 0 Å². The molecule has 0 fully saturated rings. The standard InChI is InChI=1S/C10H18O2/c1-7(2)10(12)8(3)4-5-9(10)6-11/h5,7-8,11-12H,4,6H2,1-3H3/t8-,10-/m0/s1. The van der Waals surface area contributed by atoms with E-state index >= 15 is 0 Å². The normalized spacial score (nSPS) is 35.8. The zero-order valence-electron chi connectivity index (χ0n) is 8.04. The smallest absolute Gasteiger partial charge is 0.0929 e. The van der Waals surface area contributed by atoms with Crippen LogP contribution in [0.4, 0.5) is 0 Å². The molecule has 0 saturated carbocycles. The van der Waals surface area contributed by atoms with Crippen LogP contribution in [0.15, 0.2) is 11.6 Å². The fourth-order valence-electron chi connectivity index (χ4n) is 2.11. The molecule has 0 amide bonds. The lowest BCUT2D eigenvalue weighted by atomic mass is 9.78. The lowest BCUT2D eigenvalue weighted by molar-refractivity contribution is -0.0142. The van der Waals surface area contributed by atoms with Gasteiger partial charge in [0.15, 0.2) is 0 Å². The van der Waals surface area contributed by atoms with Crippen molar-refractivity contribution < 1.29 is 10.2 Å². The molecule has 0 aromatic heterocycles. The molecule has 12 heavy (non-hydrogen) atoms. The highest BCUT2D eigenvalue weighted by Crippen LogP contribution is 2.40. The van der Waals surface area contributed by atoms with E-state index in [2.05, 4.69) is 0 Å². The first-order chi connectivity index (χ1) is 5.53. The number of aliphatic hydroxyl groups excluding tert-OH is 1. The first-order valence-electron chi connectivity index (χ1n) is 4.56. The van der Waals surface area contributed by atoms with Crippen molar-refractivity contribution in [2.45, 2.75) is 32.8 Å². The summed E-state index contributed by atoms with van der Waals surface area (Å²) in [5.41, 5.74) is 0.0272. The third kappa shape index (κ3) is 1.19. The highest BCUT2D eigenvalue weighted by molar-refractivity contribution is 5.25. The minimum Gasteiger partial charge on any atom is -0.392 e. The van der Waals surface area contributed by atoms with Gasteiger partial charge in [0.1, 0.15) is 0 Å². The summed E-state index contributed by atoms with van der Waals surface area (Å²) in [6, 6.07) is 0. The molecule has 0 spiro atoms. The minimum atomic E-state index is -0.769. The molecule has 2 nitrogen and oxygen atoms in total. The van der Waals surface area contributed by atoms with Gasteiger partial charge in [0, 0.05) is 0 Å². The van der Waals surface area contributed by atoms with Crippen molar-refractivity contribution >= 4 is 0 Å². The van der Waals surface area contributed by atoms with E-state index < -0.39 is 5.60 Å². The Bertz CT molecular complexity index is 196. The first-order valence-corrected chi connectivity index (χ1v) is 4.56. The Morgan fingerprint density at radius 1 is 1.67 bits per heavy atom. The van der Waals surface area contributed by atoms with Crippen LogP contribution in [-0.4, -0.2) is 22.4 Å². The van der Waals surface area contributed by atoms with Gasteiger partial charge in [0.25, 0.3) is 0 Å². The maximum absolute atomic E-state index is 10.3. The van der Waals surface area contributed by atoms with Crippen molar-refractivity contribution in [2.24, 2.45) is 11.8 Å². The molecule has 0 aromatic carbocycles. The highest BCUT2D eigenvalue weighted by Gasteiger charge is 2.43. The van der Waals surface area contributed by atoms with Gasteiger partial charge in [-0.1, -0.05) is 26.8 Å². The Balaban J connectivity index is 2.91. The lowest BCUT2D eigenvalue weighted by Crippen LogP contribution is -2.41. The van der Waals surface area contributed by atoms with Crippen molar-refractivity contribution in [2.75, 3.05) is 6.61 Å². The second-order valence-corrected chi connectivity index (χ2v) is 4.00. The summed E-state index contributed by atoms with van der Waals surface area (Å²) in [7, 11) is 0. The second kappa shape index (κ2) is 3.19. The molecule has 0 aliphatic heterocycles. The first kappa shape index (κ1) is 9.75. The zero-order chi connectivity index (χ0) is 9.35. The monoisotopic (exact) mass is 170 g/mol. The van der Waals surface area contributed by atoms with E-state index in [0.717, 1.165) is 12.0 Å². The predicted octanol–water partition coefficient (Wildman–Crippen LogP) is 1.33. The number of allylic oxidation sites excluding steroid dienone is 1. The molecule has 0 heterocycles. The van der Waals surface area contributed by atoms with E-state index in [9.17, 15) is 5.11 Å². The summed E-state index contributed by atoms with van der Waals surface area (Å²) < 4.78 is 0. The summed E-state index contributed by atoms with van der Waals surface area (Å²) in [6.07, 6.45) is 2.84. The van der Waals surface area contributed by atoms with E-state index in [-0.39, 0.29) is 18.4 Å². The molecule has 1 rings (SSSR count). The Morgan fingerprint density at radius 2 is 2.25 bits per heavy atom. The van der Waals surface area contributed by atoms with Gasteiger partial charge >= 0.3 is 0 Å². The summed E-state index contributed by atoms with van der Waals surface area (Å²) in [4.78, 5) is 0. The van der Waals surface area contributed by atoms with Crippen molar-refractivity contribution in [3.05, 3.63) is 11.6 Å². The van der Waals surface area contributed by atoms with Crippen molar-refractivity contribution in [3.63, 3.8) is 0 Å². The van der Waals surface area contributed by atoms with Gasteiger partial charge < -0.3 is 10.2 Å². The van der Waals surface area contributed by atoms with Gasteiger partial charge in [-0.15, -0.1) is 0 Å². The van der Waals surface area contributed by atoms with E-state index in [4.69, 9.17) is 5.11 Å². The Labute approximate surface area is 73.9 Å². The third-order valence-corrected chi connectivity index (χ3v) is 3.03. The van der Waals surface area contributed by atoms with Crippen LogP contribution >= 0.6 is 0 Å². The van der Waals surface area contributed by atoms with Crippen LogP contribution < -0.4 is 0 Å². The van der Waals surface area contributed by atoms with Crippen LogP contribution in [0, 0.1) is 11.8 Å². The molecule has 0 aromatic rings. The molecule has 2 N–H and O–H groups in total. The van der Waals surface area contributed by atoms with Crippen LogP contribution in [0.5, 0.6) is 0 Å². The molecule has 0 saturated heterocycles. The molecule has 2 heteroatoms. The number of hydrogen-bond acceptors (Lipinski definition) is 2. The zero-order valence-corrected chi connectivity index (χ0v) is 8.04. The molecule has 2 atom stereocenters. The highest BCUT2D eigenvalue weighted by atomic mass is 16.3. The van der Waals surface area contributed by atoms with E-state index in [1.165, 1.54) is 0 Å². The van der Waals surface area contributed by atoms with Crippen molar-refractivity contribution in [1.82, 2.24) is 0 Å². The second-order valence-electron chi connectivity index (χ2n) is 4.00. The molecule has 1 aliphatic rings. The van der Waals surface area contributed by atoms with Crippen LogP contribution in [0.3, 0.4) is 0 Å². The molecular formula is C10H18O2. The quantitative estimate of drug-likeness (QED) is 0.614. The Kier molecular flexibility index (Phi) is 2.59. The fraction of sp³-hybridized carbons (Fsp3) is 0.800. The van der Waals surface area contributed by atoms with Crippen molar-refractivity contribution in [1.29, 1.82) is 0 Å². The Hall–Kier alpha value is -0.340. The van der Waals surface area contributed by atoms with Gasteiger partial charge in [-0.3, -0.25) is 0 Å². The summed E-state index contributed by atoms with van der Waals surface area (Å²) in [5, 5.41) is 19.3. The average Bonchev–Trinajstić information content (AvgIpc) is 2.30. The van der Waals surface area contributed by atoms with Crippen LogP contribution in [-0.2, 0) is 0 Å². The topological polar surface area (TPSA) is 40.5 Å². The molecule has 0 bridgehead atoms. The summed E-state index contributed by atoms with van der Waals surface area (Å²) in [6.45, 7) is 5.99. The summed E-state index contributed by atoms with van der Waals surface area (Å²) >= 11 is 0. The van der Waals surface area contributed by atoms with Crippen LogP contribution in [0.25, 0.3) is 0 Å². The van der Waals surface area contributed by atoms with Gasteiger partial charge in [0.05, 0.1) is 12.2 Å². The number of rotatable bonds is 2. The third-order valence-electron chi connectivity index (χ3n) is 3.03. The lowest BCUT2D eigenvalue weighted by Gasteiger charge is -2.34. The maximum atomic E-state index is 10.3.